The van der Waals surface area contributed by atoms with Gasteiger partial charge in [0.15, 0.2) is 11.5 Å². The van der Waals surface area contributed by atoms with Crippen LogP contribution in [0.2, 0.25) is 0 Å². The van der Waals surface area contributed by atoms with Crippen LogP contribution in [0.4, 0.5) is 0 Å². The molecule has 0 atom stereocenters. The molecule has 1 aromatic carbocycles. The molecule has 1 aromatic heterocycles. The summed E-state index contributed by atoms with van der Waals surface area (Å²) < 4.78 is 21.1. The van der Waals surface area contributed by atoms with Gasteiger partial charge in [0, 0.05) is 5.56 Å². The number of carbonyl (C=O) groups excluding carboxylic acids is 1. The van der Waals surface area contributed by atoms with Crippen LogP contribution < -0.4 is 9.47 Å². The van der Waals surface area contributed by atoms with E-state index in [1.165, 1.54) is 7.11 Å². The van der Waals surface area contributed by atoms with Gasteiger partial charge in [-0.15, -0.1) is 0 Å². The number of ether oxygens (including phenoxy) is 3. The SMILES string of the molecule is COC(=O)c1c(C)oc(C)c1-c1ccc2c(c1)OCO2. The first-order valence-corrected chi connectivity index (χ1v) is 6.20. The Bertz CT molecular complexity index is 684. The third kappa shape index (κ3) is 1.82. The summed E-state index contributed by atoms with van der Waals surface area (Å²) in [5.41, 5.74) is 2.01. The molecule has 0 radical (unpaired) electrons. The van der Waals surface area contributed by atoms with Crippen molar-refractivity contribution in [1.29, 1.82) is 0 Å². The van der Waals surface area contributed by atoms with Gasteiger partial charge in [0.25, 0.3) is 0 Å². The van der Waals surface area contributed by atoms with E-state index in [0.717, 1.165) is 11.1 Å². The minimum Gasteiger partial charge on any atom is -0.465 e. The Labute approximate surface area is 116 Å². The van der Waals surface area contributed by atoms with E-state index < -0.39 is 5.97 Å². The molecular weight excluding hydrogens is 260 g/mol. The van der Waals surface area contributed by atoms with Gasteiger partial charge >= 0.3 is 5.97 Å². The molecule has 104 valence electrons. The van der Waals surface area contributed by atoms with Crippen LogP contribution in [0.1, 0.15) is 21.9 Å². The van der Waals surface area contributed by atoms with E-state index in [2.05, 4.69) is 0 Å². The lowest BCUT2D eigenvalue weighted by Gasteiger charge is -2.05. The van der Waals surface area contributed by atoms with Gasteiger partial charge in [-0.05, 0) is 31.5 Å². The quantitative estimate of drug-likeness (QED) is 0.788. The van der Waals surface area contributed by atoms with Gasteiger partial charge in [-0.2, -0.15) is 0 Å². The second-order valence-electron chi connectivity index (χ2n) is 4.52. The van der Waals surface area contributed by atoms with Crippen LogP contribution in [0.3, 0.4) is 0 Å². The summed E-state index contributed by atoms with van der Waals surface area (Å²) in [5.74, 6) is 2.17. The second kappa shape index (κ2) is 4.59. The van der Waals surface area contributed by atoms with Crippen LogP contribution in [-0.2, 0) is 4.74 Å². The molecule has 1 aliphatic heterocycles. The molecule has 0 unspecified atom stereocenters. The monoisotopic (exact) mass is 274 g/mol. The van der Waals surface area contributed by atoms with E-state index in [1.54, 1.807) is 6.92 Å². The second-order valence-corrected chi connectivity index (χ2v) is 4.52. The number of rotatable bonds is 2. The van der Waals surface area contributed by atoms with Crippen molar-refractivity contribution in [1.82, 2.24) is 0 Å². The first-order chi connectivity index (χ1) is 9.61. The largest absolute Gasteiger partial charge is 0.465 e. The third-order valence-electron chi connectivity index (χ3n) is 3.31. The van der Waals surface area contributed by atoms with Gasteiger partial charge in [-0.3, -0.25) is 0 Å². The van der Waals surface area contributed by atoms with E-state index in [9.17, 15) is 4.79 Å². The Morgan fingerprint density at radius 1 is 1.15 bits per heavy atom. The summed E-state index contributed by atoms with van der Waals surface area (Å²) in [7, 11) is 1.35. The van der Waals surface area contributed by atoms with Crippen LogP contribution in [0, 0.1) is 13.8 Å². The van der Waals surface area contributed by atoms with Crippen molar-refractivity contribution >= 4 is 5.97 Å². The van der Waals surface area contributed by atoms with Crippen molar-refractivity contribution in [3.05, 3.63) is 35.3 Å². The minimum atomic E-state index is -0.410. The Kier molecular flexibility index (Phi) is 2.89. The van der Waals surface area contributed by atoms with Gasteiger partial charge in [0.2, 0.25) is 6.79 Å². The number of fused-ring (bicyclic) bond motifs is 1. The van der Waals surface area contributed by atoms with Crippen LogP contribution in [0.25, 0.3) is 11.1 Å². The first kappa shape index (κ1) is 12.6. The molecule has 0 saturated carbocycles. The maximum Gasteiger partial charge on any atom is 0.342 e. The fourth-order valence-electron chi connectivity index (χ4n) is 2.43. The molecular formula is C15H14O5. The highest BCUT2D eigenvalue weighted by atomic mass is 16.7. The number of aryl methyl sites for hydroxylation is 2. The molecule has 0 amide bonds. The zero-order valence-corrected chi connectivity index (χ0v) is 11.5. The van der Waals surface area contributed by atoms with Crippen molar-refractivity contribution < 1.29 is 23.4 Å². The average molecular weight is 274 g/mol. The van der Waals surface area contributed by atoms with E-state index in [-0.39, 0.29) is 6.79 Å². The molecule has 0 fully saturated rings. The molecule has 2 heterocycles. The van der Waals surface area contributed by atoms with Crippen molar-refractivity contribution in [2.24, 2.45) is 0 Å². The summed E-state index contributed by atoms with van der Waals surface area (Å²) in [4.78, 5) is 11.9. The summed E-state index contributed by atoms with van der Waals surface area (Å²) in [6, 6.07) is 5.53. The van der Waals surface area contributed by atoms with Crippen LogP contribution >= 0.6 is 0 Å². The molecule has 3 rings (SSSR count). The minimum absolute atomic E-state index is 0.214. The maximum atomic E-state index is 11.9. The summed E-state index contributed by atoms with van der Waals surface area (Å²) >= 11 is 0. The van der Waals surface area contributed by atoms with Gasteiger partial charge in [0.05, 0.1) is 7.11 Å². The zero-order chi connectivity index (χ0) is 14.3. The molecule has 0 bridgehead atoms. The number of methoxy groups -OCH3 is 1. The lowest BCUT2D eigenvalue weighted by molar-refractivity contribution is 0.0599. The zero-order valence-electron chi connectivity index (χ0n) is 11.5. The molecule has 5 heteroatoms. The molecule has 0 N–H and O–H groups in total. The first-order valence-electron chi connectivity index (χ1n) is 6.20. The maximum absolute atomic E-state index is 11.9. The van der Waals surface area contributed by atoms with Crippen LogP contribution in [-0.4, -0.2) is 19.9 Å². The predicted octanol–water partition coefficient (Wildman–Crippen LogP) is 3.08. The average Bonchev–Trinajstić information content (AvgIpc) is 3.00. The number of benzene rings is 1. The lowest BCUT2D eigenvalue weighted by Crippen LogP contribution is -2.03. The van der Waals surface area contributed by atoms with Gasteiger partial charge in [-0.25, -0.2) is 4.79 Å². The Balaban J connectivity index is 2.17. The van der Waals surface area contributed by atoms with Crippen molar-refractivity contribution in [2.45, 2.75) is 13.8 Å². The fraction of sp³-hybridized carbons (Fsp3) is 0.267. The molecule has 0 saturated heterocycles. The molecule has 5 nitrogen and oxygen atoms in total. The molecule has 2 aromatic rings. The third-order valence-corrected chi connectivity index (χ3v) is 3.31. The highest BCUT2D eigenvalue weighted by Crippen LogP contribution is 2.39. The highest BCUT2D eigenvalue weighted by molar-refractivity contribution is 5.99. The molecule has 0 aliphatic carbocycles. The van der Waals surface area contributed by atoms with Crippen LogP contribution in [0.15, 0.2) is 22.6 Å². The van der Waals surface area contributed by atoms with Gasteiger partial charge in [0.1, 0.15) is 17.1 Å². The van der Waals surface area contributed by atoms with E-state index in [1.807, 2.05) is 25.1 Å². The number of hydrogen-bond acceptors (Lipinski definition) is 5. The molecule has 1 aliphatic rings. The lowest BCUT2D eigenvalue weighted by atomic mass is 10.00. The normalized spacial score (nSPS) is 12.6. The number of esters is 1. The topological polar surface area (TPSA) is 57.9 Å². The highest BCUT2D eigenvalue weighted by Gasteiger charge is 2.24. The van der Waals surface area contributed by atoms with Gasteiger partial charge < -0.3 is 18.6 Å². The smallest absolute Gasteiger partial charge is 0.342 e. The van der Waals surface area contributed by atoms with E-state index in [0.29, 0.717) is 28.6 Å². The van der Waals surface area contributed by atoms with Gasteiger partial charge in [-0.1, -0.05) is 6.07 Å². The van der Waals surface area contributed by atoms with Crippen molar-refractivity contribution in [3.8, 4) is 22.6 Å². The Morgan fingerprint density at radius 2 is 1.90 bits per heavy atom. The summed E-state index contributed by atoms with van der Waals surface area (Å²) in [6.07, 6.45) is 0. The van der Waals surface area contributed by atoms with Crippen molar-refractivity contribution in [3.63, 3.8) is 0 Å². The summed E-state index contributed by atoms with van der Waals surface area (Å²) in [5, 5.41) is 0. The number of hydrogen-bond donors (Lipinski definition) is 0. The number of furan rings is 1. The van der Waals surface area contributed by atoms with E-state index >= 15 is 0 Å². The van der Waals surface area contributed by atoms with E-state index in [4.69, 9.17) is 18.6 Å². The Morgan fingerprint density at radius 3 is 2.65 bits per heavy atom. The summed E-state index contributed by atoms with van der Waals surface area (Å²) in [6.45, 7) is 3.78. The Hall–Kier alpha value is -2.43. The van der Waals surface area contributed by atoms with Crippen molar-refractivity contribution in [2.75, 3.05) is 13.9 Å². The molecule has 20 heavy (non-hydrogen) atoms. The number of carbonyl (C=O) groups is 1. The van der Waals surface area contributed by atoms with Crippen LogP contribution in [0.5, 0.6) is 11.5 Å². The molecule has 0 spiro atoms. The standard InChI is InChI=1S/C15H14O5/c1-8-13(14(9(2)20-8)15(16)17-3)10-4-5-11-12(6-10)19-7-18-11/h4-6H,7H2,1-3H3. The fourth-order valence-corrected chi connectivity index (χ4v) is 2.43. The predicted molar refractivity (Wildman–Crippen MR) is 71.1 cm³/mol.